The smallest absolute Gasteiger partial charge is 0.341 e. The normalized spacial score (nSPS) is 15.3. The summed E-state index contributed by atoms with van der Waals surface area (Å²) in [6.45, 7) is 6.67. The summed E-state index contributed by atoms with van der Waals surface area (Å²) in [7, 11) is 1.44. The second kappa shape index (κ2) is 12.8. The van der Waals surface area contributed by atoms with E-state index in [0.29, 0.717) is 24.2 Å². The van der Waals surface area contributed by atoms with Crippen LogP contribution >= 0.6 is 22.9 Å². The molecule has 11 heteroatoms. The number of hydrogen-bond donors (Lipinski definition) is 2. The van der Waals surface area contributed by atoms with E-state index >= 15 is 0 Å². The van der Waals surface area contributed by atoms with Crippen molar-refractivity contribution in [3.63, 3.8) is 0 Å². The average Bonchev–Trinajstić information content (AvgIpc) is 3.35. The SMILES string of the molecule is CONC(=O)N(Cc1ccsc1)C1CCN(C(C)CCNC(=O)c2c(C)cc(C#N)nc2Cl)CC1. The van der Waals surface area contributed by atoms with Crippen LogP contribution in [0.3, 0.4) is 0 Å². The molecular formula is C24H31ClN6O3S. The minimum atomic E-state index is -0.288. The van der Waals surface area contributed by atoms with Crippen LogP contribution in [0, 0.1) is 18.3 Å². The number of nitriles is 1. The number of carbonyl (C=O) groups is 2. The van der Waals surface area contributed by atoms with Gasteiger partial charge >= 0.3 is 6.03 Å². The van der Waals surface area contributed by atoms with Gasteiger partial charge in [0.05, 0.1) is 12.7 Å². The summed E-state index contributed by atoms with van der Waals surface area (Å²) < 4.78 is 0. The maximum absolute atomic E-state index is 12.6. The number of amides is 3. The van der Waals surface area contributed by atoms with E-state index < -0.39 is 0 Å². The zero-order chi connectivity index (χ0) is 25.4. The molecule has 0 aromatic carbocycles. The van der Waals surface area contributed by atoms with E-state index in [0.717, 1.165) is 37.9 Å². The summed E-state index contributed by atoms with van der Waals surface area (Å²) >= 11 is 7.74. The first-order valence-corrected chi connectivity index (χ1v) is 12.9. The number of carbonyl (C=O) groups excluding carboxylic acids is 2. The van der Waals surface area contributed by atoms with Crippen molar-refractivity contribution < 1.29 is 14.4 Å². The van der Waals surface area contributed by atoms with Crippen molar-refractivity contribution >= 4 is 34.9 Å². The molecule has 0 spiro atoms. The largest absolute Gasteiger partial charge is 0.352 e. The summed E-state index contributed by atoms with van der Waals surface area (Å²) in [5.41, 5.74) is 4.69. The van der Waals surface area contributed by atoms with E-state index in [1.807, 2.05) is 22.4 Å². The molecule has 1 aliphatic rings. The Morgan fingerprint density at radius 2 is 2.17 bits per heavy atom. The highest BCUT2D eigenvalue weighted by atomic mass is 35.5. The van der Waals surface area contributed by atoms with Crippen LogP contribution in [0.4, 0.5) is 4.79 Å². The minimum absolute atomic E-state index is 0.0405. The molecule has 0 saturated carbocycles. The van der Waals surface area contributed by atoms with Crippen molar-refractivity contribution in [3.8, 4) is 6.07 Å². The number of likely N-dealkylation sites (tertiary alicyclic amines) is 1. The number of urea groups is 1. The third-order valence-electron chi connectivity index (χ3n) is 6.31. The van der Waals surface area contributed by atoms with Crippen molar-refractivity contribution in [2.45, 2.75) is 51.7 Å². The number of aryl methyl sites for hydroxylation is 1. The maximum atomic E-state index is 12.6. The first-order valence-electron chi connectivity index (χ1n) is 11.5. The van der Waals surface area contributed by atoms with E-state index in [1.165, 1.54) is 7.11 Å². The molecule has 188 valence electrons. The Morgan fingerprint density at radius 1 is 1.43 bits per heavy atom. The lowest BCUT2D eigenvalue weighted by Gasteiger charge is -2.40. The van der Waals surface area contributed by atoms with Gasteiger partial charge in [-0.1, -0.05) is 11.6 Å². The van der Waals surface area contributed by atoms with Crippen LogP contribution in [-0.2, 0) is 11.4 Å². The first-order chi connectivity index (χ1) is 16.8. The monoisotopic (exact) mass is 518 g/mol. The molecule has 0 bridgehead atoms. The molecule has 3 rings (SSSR count). The number of halogens is 1. The Hall–Kier alpha value is -2.71. The number of thiophene rings is 1. The molecule has 1 saturated heterocycles. The zero-order valence-electron chi connectivity index (χ0n) is 20.2. The molecule has 35 heavy (non-hydrogen) atoms. The molecule has 0 aliphatic carbocycles. The number of rotatable bonds is 9. The van der Waals surface area contributed by atoms with Gasteiger partial charge in [-0.2, -0.15) is 16.6 Å². The van der Waals surface area contributed by atoms with Crippen LogP contribution in [0.2, 0.25) is 5.15 Å². The van der Waals surface area contributed by atoms with E-state index in [1.54, 1.807) is 24.3 Å². The first kappa shape index (κ1) is 26.9. The molecule has 0 radical (unpaired) electrons. The Kier molecular flexibility index (Phi) is 9.86. The topological polar surface area (TPSA) is 111 Å². The number of aromatic nitrogens is 1. The molecule has 2 aromatic rings. The second-order valence-electron chi connectivity index (χ2n) is 8.63. The predicted molar refractivity (Wildman–Crippen MR) is 135 cm³/mol. The second-order valence-corrected chi connectivity index (χ2v) is 9.77. The van der Waals surface area contributed by atoms with Gasteiger partial charge < -0.3 is 15.1 Å². The molecule has 2 N–H and O–H groups in total. The van der Waals surface area contributed by atoms with Crippen molar-refractivity contribution in [1.82, 2.24) is 25.6 Å². The highest BCUT2D eigenvalue weighted by Crippen LogP contribution is 2.23. The van der Waals surface area contributed by atoms with Gasteiger partial charge in [-0.25, -0.2) is 15.3 Å². The van der Waals surface area contributed by atoms with Crippen LogP contribution < -0.4 is 10.8 Å². The molecule has 1 aliphatic heterocycles. The maximum Gasteiger partial charge on any atom is 0.341 e. The summed E-state index contributed by atoms with van der Waals surface area (Å²) in [6.07, 6.45) is 2.51. The molecular weight excluding hydrogens is 488 g/mol. The zero-order valence-corrected chi connectivity index (χ0v) is 21.8. The van der Waals surface area contributed by atoms with Crippen LogP contribution in [0.1, 0.15) is 53.4 Å². The lowest BCUT2D eigenvalue weighted by molar-refractivity contribution is 0.0565. The van der Waals surface area contributed by atoms with Gasteiger partial charge in [-0.05, 0) is 67.1 Å². The Balaban J connectivity index is 1.49. The summed E-state index contributed by atoms with van der Waals surface area (Å²) in [4.78, 5) is 38.3. The van der Waals surface area contributed by atoms with Gasteiger partial charge in [0.15, 0.2) is 0 Å². The highest BCUT2D eigenvalue weighted by Gasteiger charge is 2.30. The predicted octanol–water partition coefficient (Wildman–Crippen LogP) is 3.72. The molecule has 3 amide bonds. The molecule has 3 heterocycles. The number of nitrogens with zero attached hydrogens (tertiary/aromatic N) is 4. The van der Waals surface area contributed by atoms with Gasteiger partial charge in [0.1, 0.15) is 16.9 Å². The van der Waals surface area contributed by atoms with Crippen LogP contribution in [0.25, 0.3) is 0 Å². The van der Waals surface area contributed by atoms with Gasteiger partial charge in [0, 0.05) is 38.3 Å². The van der Waals surface area contributed by atoms with E-state index in [4.69, 9.17) is 21.7 Å². The summed E-state index contributed by atoms with van der Waals surface area (Å²) in [5.74, 6) is -0.288. The van der Waals surface area contributed by atoms with E-state index in [-0.39, 0.29) is 34.9 Å². The number of nitrogens with one attached hydrogen (secondary N) is 2. The fourth-order valence-electron chi connectivity index (χ4n) is 4.36. The van der Waals surface area contributed by atoms with Crippen LogP contribution in [-0.4, -0.2) is 65.5 Å². The molecule has 1 atom stereocenters. The van der Waals surface area contributed by atoms with Crippen LogP contribution in [0.15, 0.2) is 22.9 Å². The van der Waals surface area contributed by atoms with Crippen molar-refractivity contribution in [2.75, 3.05) is 26.7 Å². The Bertz CT molecular complexity index is 1030. The van der Waals surface area contributed by atoms with Gasteiger partial charge in [0.2, 0.25) is 0 Å². The number of hydroxylamine groups is 1. The number of hydrogen-bond acceptors (Lipinski definition) is 7. The summed E-state index contributed by atoms with van der Waals surface area (Å²) in [5, 5.41) is 16.0. The standard InChI is InChI=1S/C24H31ClN6O3S/c1-16-12-19(13-26)28-22(25)21(16)23(32)27-8-4-17(2)30-9-5-20(6-10-30)31(24(33)29-34-3)14-18-7-11-35-15-18/h7,11-12,15,17,20H,4-6,8-10,14H2,1-3H3,(H,27,32)(H,29,33). The molecule has 1 fully saturated rings. The quantitative estimate of drug-likeness (QED) is 0.386. The third-order valence-corrected chi connectivity index (χ3v) is 7.31. The fraction of sp³-hybridized carbons (Fsp3) is 0.500. The number of pyridine rings is 1. The lowest BCUT2D eigenvalue weighted by atomic mass is 10.0. The highest BCUT2D eigenvalue weighted by molar-refractivity contribution is 7.07. The van der Waals surface area contributed by atoms with Crippen molar-refractivity contribution in [2.24, 2.45) is 0 Å². The lowest BCUT2D eigenvalue weighted by Crippen LogP contribution is -2.51. The van der Waals surface area contributed by atoms with Crippen LogP contribution in [0.5, 0.6) is 0 Å². The minimum Gasteiger partial charge on any atom is -0.352 e. The molecule has 2 aromatic heterocycles. The van der Waals surface area contributed by atoms with E-state index in [9.17, 15) is 9.59 Å². The Labute approximate surface area is 215 Å². The van der Waals surface area contributed by atoms with E-state index in [2.05, 4.69) is 33.0 Å². The third kappa shape index (κ3) is 7.15. The number of piperidine rings is 1. The molecule has 1 unspecified atom stereocenters. The van der Waals surface area contributed by atoms with Gasteiger partial charge in [-0.3, -0.25) is 9.63 Å². The van der Waals surface area contributed by atoms with Crippen molar-refractivity contribution in [3.05, 3.63) is 50.4 Å². The van der Waals surface area contributed by atoms with Gasteiger partial charge in [-0.15, -0.1) is 0 Å². The van der Waals surface area contributed by atoms with Crippen molar-refractivity contribution in [1.29, 1.82) is 5.26 Å². The van der Waals surface area contributed by atoms with Gasteiger partial charge in [0.25, 0.3) is 5.91 Å². The average molecular weight is 519 g/mol. The molecule has 9 nitrogen and oxygen atoms in total. The Morgan fingerprint density at radius 3 is 2.77 bits per heavy atom. The summed E-state index contributed by atoms with van der Waals surface area (Å²) in [6, 6.07) is 5.70. The fourth-order valence-corrected chi connectivity index (χ4v) is 5.35.